The van der Waals surface area contributed by atoms with Gasteiger partial charge in [-0.3, -0.25) is 0 Å². The molecule has 1 aromatic rings. The molecule has 2 unspecified atom stereocenters. The summed E-state index contributed by atoms with van der Waals surface area (Å²) in [5.74, 6) is 0. The Kier molecular flexibility index (Phi) is 4.22. The van der Waals surface area contributed by atoms with Crippen molar-refractivity contribution >= 4 is 11.6 Å². The molecule has 2 rings (SSSR count). The van der Waals surface area contributed by atoms with Crippen LogP contribution >= 0.6 is 11.6 Å². The van der Waals surface area contributed by atoms with Crippen LogP contribution < -0.4 is 5.32 Å². The lowest BCUT2D eigenvalue weighted by atomic mass is 10.0. The van der Waals surface area contributed by atoms with Crippen LogP contribution in [0.1, 0.15) is 31.4 Å². The van der Waals surface area contributed by atoms with Gasteiger partial charge in [0.15, 0.2) is 0 Å². The smallest absolute Gasteiger partial charge is 0.0619 e. The Hall–Kier alpha value is -0.570. The first-order chi connectivity index (χ1) is 7.77. The van der Waals surface area contributed by atoms with Crippen molar-refractivity contribution in [3.63, 3.8) is 0 Å². The number of halogens is 1. The van der Waals surface area contributed by atoms with E-state index in [1.54, 1.807) is 0 Å². The summed E-state index contributed by atoms with van der Waals surface area (Å²) in [6.07, 6.45) is 2.34. The van der Waals surface area contributed by atoms with Gasteiger partial charge in [-0.15, -0.1) is 0 Å². The second-order valence-corrected chi connectivity index (χ2v) is 4.73. The van der Waals surface area contributed by atoms with Crippen molar-refractivity contribution in [1.29, 1.82) is 0 Å². The van der Waals surface area contributed by atoms with Crippen LogP contribution in [0.3, 0.4) is 0 Å². The van der Waals surface area contributed by atoms with E-state index in [0.29, 0.717) is 6.04 Å². The Morgan fingerprint density at radius 1 is 1.44 bits per heavy atom. The molecule has 1 aromatic carbocycles. The van der Waals surface area contributed by atoms with Crippen molar-refractivity contribution in [2.75, 3.05) is 13.2 Å². The lowest BCUT2D eigenvalue weighted by Gasteiger charge is -2.27. The van der Waals surface area contributed by atoms with Gasteiger partial charge in [0.05, 0.1) is 6.61 Å². The fraction of sp³-hybridized carbons (Fsp3) is 0.538. The zero-order valence-electron chi connectivity index (χ0n) is 9.58. The summed E-state index contributed by atoms with van der Waals surface area (Å²) in [6, 6.07) is 8.73. The first kappa shape index (κ1) is 11.9. The molecule has 0 spiro atoms. The number of hydrogen-bond acceptors (Lipinski definition) is 2. The zero-order valence-corrected chi connectivity index (χ0v) is 10.3. The number of ether oxygens (including phenoxy) is 1. The van der Waals surface area contributed by atoms with Crippen LogP contribution in [-0.4, -0.2) is 19.3 Å². The highest BCUT2D eigenvalue weighted by Crippen LogP contribution is 2.23. The molecule has 0 saturated carbocycles. The van der Waals surface area contributed by atoms with Gasteiger partial charge in [-0.1, -0.05) is 29.8 Å². The molecule has 0 aliphatic carbocycles. The molecule has 1 N–H and O–H groups in total. The third-order valence-corrected chi connectivity index (χ3v) is 3.36. The van der Waals surface area contributed by atoms with Crippen molar-refractivity contribution < 1.29 is 4.74 Å². The maximum Gasteiger partial charge on any atom is 0.0619 e. The van der Waals surface area contributed by atoms with Gasteiger partial charge < -0.3 is 10.1 Å². The zero-order chi connectivity index (χ0) is 11.4. The van der Waals surface area contributed by atoms with Crippen molar-refractivity contribution in [1.82, 2.24) is 5.32 Å². The number of rotatable bonds is 3. The Morgan fingerprint density at radius 2 is 2.25 bits per heavy atom. The topological polar surface area (TPSA) is 21.3 Å². The molecule has 88 valence electrons. The van der Waals surface area contributed by atoms with E-state index < -0.39 is 0 Å². The van der Waals surface area contributed by atoms with Gasteiger partial charge >= 0.3 is 0 Å². The summed E-state index contributed by atoms with van der Waals surface area (Å²) < 4.78 is 5.45. The SMILES string of the molecule is CC(NC1CCCOC1)c1ccccc1Cl. The molecular formula is C13H18ClNO. The van der Waals surface area contributed by atoms with Gasteiger partial charge in [-0.25, -0.2) is 0 Å². The van der Waals surface area contributed by atoms with Crippen molar-refractivity contribution in [2.45, 2.75) is 31.8 Å². The molecule has 2 atom stereocenters. The standard InChI is InChI=1S/C13H18ClNO/c1-10(12-6-2-3-7-13(12)14)15-11-5-4-8-16-9-11/h2-3,6-7,10-11,15H,4-5,8-9H2,1H3. The van der Waals surface area contributed by atoms with Crippen LogP contribution in [-0.2, 0) is 4.74 Å². The number of hydrogen-bond donors (Lipinski definition) is 1. The van der Waals surface area contributed by atoms with E-state index in [0.717, 1.165) is 30.2 Å². The van der Waals surface area contributed by atoms with Crippen LogP contribution in [0.5, 0.6) is 0 Å². The van der Waals surface area contributed by atoms with E-state index in [-0.39, 0.29) is 6.04 Å². The Labute approximate surface area is 102 Å². The minimum absolute atomic E-state index is 0.278. The second-order valence-electron chi connectivity index (χ2n) is 4.32. The van der Waals surface area contributed by atoms with Gasteiger partial charge in [0.25, 0.3) is 0 Å². The molecule has 0 bridgehead atoms. The molecule has 0 amide bonds. The molecule has 1 saturated heterocycles. The molecule has 1 aliphatic heterocycles. The largest absolute Gasteiger partial charge is 0.380 e. The number of nitrogens with one attached hydrogen (secondary N) is 1. The van der Waals surface area contributed by atoms with E-state index >= 15 is 0 Å². The van der Waals surface area contributed by atoms with E-state index in [4.69, 9.17) is 16.3 Å². The fourth-order valence-corrected chi connectivity index (χ4v) is 2.44. The van der Waals surface area contributed by atoms with E-state index in [1.165, 1.54) is 6.42 Å². The van der Waals surface area contributed by atoms with Gasteiger partial charge in [-0.2, -0.15) is 0 Å². The van der Waals surface area contributed by atoms with Gasteiger partial charge in [0.1, 0.15) is 0 Å². The highest BCUT2D eigenvalue weighted by molar-refractivity contribution is 6.31. The van der Waals surface area contributed by atoms with Gasteiger partial charge in [-0.05, 0) is 31.4 Å². The minimum Gasteiger partial charge on any atom is -0.380 e. The van der Waals surface area contributed by atoms with E-state index in [9.17, 15) is 0 Å². The summed E-state index contributed by atoms with van der Waals surface area (Å²) in [5.41, 5.74) is 1.16. The van der Waals surface area contributed by atoms with Gasteiger partial charge in [0, 0.05) is 23.7 Å². The second kappa shape index (κ2) is 5.67. The molecule has 1 fully saturated rings. The highest BCUT2D eigenvalue weighted by atomic mass is 35.5. The van der Waals surface area contributed by atoms with Crippen LogP contribution in [0.15, 0.2) is 24.3 Å². The summed E-state index contributed by atoms with van der Waals surface area (Å²) in [4.78, 5) is 0. The molecular weight excluding hydrogens is 222 g/mol. The average molecular weight is 240 g/mol. The van der Waals surface area contributed by atoms with Crippen LogP contribution in [0.4, 0.5) is 0 Å². The van der Waals surface area contributed by atoms with E-state index in [1.807, 2.05) is 18.2 Å². The molecule has 0 aromatic heterocycles. The lowest BCUT2D eigenvalue weighted by Crippen LogP contribution is -2.38. The lowest BCUT2D eigenvalue weighted by molar-refractivity contribution is 0.0671. The summed E-state index contributed by atoms with van der Waals surface area (Å²) in [6.45, 7) is 3.86. The first-order valence-corrected chi connectivity index (χ1v) is 6.23. The third kappa shape index (κ3) is 2.97. The van der Waals surface area contributed by atoms with Crippen molar-refractivity contribution in [3.05, 3.63) is 34.9 Å². The van der Waals surface area contributed by atoms with Crippen LogP contribution in [0.2, 0.25) is 5.02 Å². The Balaban J connectivity index is 1.96. The number of benzene rings is 1. The van der Waals surface area contributed by atoms with Gasteiger partial charge in [0.2, 0.25) is 0 Å². The monoisotopic (exact) mass is 239 g/mol. The Morgan fingerprint density at radius 3 is 2.94 bits per heavy atom. The summed E-state index contributed by atoms with van der Waals surface area (Å²) in [7, 11) is 0. The third-order valence-electron chi connectivity index (χ3n) is 3.02. The summed E-state index contributed by atoms with van der Waals surface area (Å²) in [5, 5.41) is 4.40. The summed E-state index contributed by atoms with van der Waals surface area (Å²) >= 11 is 6.17. The maximum absolute atomic E-state index is 6.17. The van der Waals surface area contributed by atoms with E-state index in [2.05, 4.69) is 18.3 Å². The highest BCUT2D eigenvalue weighted by Gasteiger charge is 2.17. The van der Waals surface area contributed by atoms with Crippen LogP contribution in [0, 0.1) is 0 Å². The first-order valence-electron chi connectivity index (χ1n) is 5.85. The molecule has 0 radical (unpaired) electrons. The predicted octanol–water partition coefficient (Wildman–Crippen LogP) is 3.17. The van der Waals surface area contributed by atoms with Crippen molar-refractivity contribution in [2.24, 2.45) is 0 Å². The fourth-order valence-electron chi connectivity index (χ4n) is 2.14. The van der Waals surface area contributed by atoms with Crippen LogP contribution in [0.25, 0.3) is 0 Å². The molecule has 1 aliphatic rings. The maximum atomic E-state index is 6.17. The molecule has 3 heteroatoms. The molecule has 1 heterocycles. The quantitative estimate of drug-likeness (QED) is 0.875. The predicted molar refractivity (Wildman–Crippen MR) is 66.8 cm³/mol. The molecule has 2 nitrogen and oxygen atoms in total. The molecule has 16 heavy (non-hydrogen) atoms. The van der Waals surface area contributed by atoms with Crippen molar-refractivity contribution in [3.8, 4) is 0 Å². The average Bonchev–Trinajstić information content (AvgIpc) is 2.31. The Bertz CT molecular complexity index is 336. The minimum atomic E-state index is 0.278. The normalized spacial score (nSPS) is 23.0.